The zero-order valence-electron chi connectivity index (χ0n) is 14.1. The molecule has 0 radical (unpaired) electrons. The minimum absolute atomic E-state index is 0.0493. The van der Waals surface area contributed by atoms with Crippen LogP contribution in [-0.4, -0.2) is 25.4 Å². The van der Waals surface area contributed by atoms with Crippen molar-refractivity contribution in [2.45, 2.75) is 23.8 Å². The molecule has 27 heavy (non-hydrogen) atoms. The molecule has 8 heteroatoms. The second kappa shape index (κ2) is 6.92. The van der Waals surface area contributed by atoms with Crippen molar-refractivity contribution in [3.05, 3.63) is 65.3 Å². The van der Waals surface area contributed by atoms with Gasteiger partial charge in [0.15, 0.2) is 0 Å². The summed E-state index contributed by atoms with van der Waals surface area (Å²) in [6, 6.07) is 13.2. The number of fused-ring (bicyclic) bond motifs is 1. The number of carbonyl (C=O) groups is 1. The summed E-state index contributed by atoms with van der Waals surface area (Å²) in [5.41, 5.74) is 1.56. The Morgan fingerprint density at radius 1 is 1.11 bits per heavy atom. The molecule has 6 nitrogen and oxygen atoms in total. The third kappa shape index (κ3) is 3.80. The minimum Gasteiger partial charge on any atom is -0.321 e. The van der Waals surface area contributed by atoms with E-state index in [-0.39, 0.29) is 21.5 Å². The van der Waals surface area contributed by atoms with Gasteiger partial charge in [0.2, 0.25) is 10.0 Å². The third-order valence-electron chi connectivity index (χ3n) is 4.28. The molecule has 4 rings (SSSR count). The molecule has 1 heterocycles. The van der Waals surface area contributed by atoms with Gasteiger partial charge in [0.1, 0.15) is 4.90 Å². The summed E-state index contributed by atoms with van der Waals surface area (Å²) in [4.78, 5) is 16.9. The molecule has 0 atom stereocenters. The van der Waals surface area contributed by atoms with Crippen LogP contribution in [-0.2, 0) is 10.0 Å². The van der Waals surface area contributed by atoms with Gasteiger partial charge in [-0.25, -0.2) is 13.1 Å². The lowest BCUT2D eigenvalue weighted by Crippen LogP contribution is -2.26. The fourth-order valence-corrected chi connectivity index (χ4v) is 4.57. The van der Waals surface area contributed by atoms with E-state index in [1.165, 1.54) is 18.2 Å². The molecule has 0 saturated heterocycles. The Labute approximate surface area is 161 Å². The van der Waals surface area contributed by atoms with Crippen LogP contribution in [0.4, 0.5) is 5.69 Å². The van der Waals surface area contributed by atoms with Crippen LogP contribution < -0.4 is 10.0 Å². The number of hydrogen-bond donors (Lipinski definition) is 2. The van der Waals surface area contributed by atoms with E-state index >= 15 is 0 Å². The van der Waals surface area contributed by atoms with Gasteiger partial charge < -0.3 is 5.32 Å². The van der Waals surface area contributed by atoms with Crippen molar-refractivity contribution >= 4 is 44.1 Å². The first-order valence-corrected chi connectivity index (χ1v) is 10.3. The molecule has 0 spiro atoms. The van der Waals surface area contributed by atoms with E-state index in [1.54, 1.807) is 24.4 Å². The zero-order chi connectivity index (χ0) is 19.0. The van der Waals surface area contributed by atoms with Crippen LogP contribution in [0.3, 0.4) is 0 Å². The number of anilines is 1. The van der Waals surface area contributed by atoms with Gasteiger partial charge in [0.25, 0.3) is 5.91 Å². The van der Waals surface area contributed by atoms with E-state index in [2.05, 4.69) is 15.0 Å². The van der Waals surface area contributed by atoms with E-state index in [9.17, 15) is 13.2 Å². The number of hydrogen-bond acceptors (Lipinski definition) is 4. The largest absolute Gasteiger partial charge is 0.321 e. The van der Waals surface area contributed by atoms with Crippen molar-refractivity contribution < 1.29 is 13.2 Å². The van der Waals surface area contributed by atoms with Crippen molar-refractivity contribution in [1.29, 1.82) is 0 Å². The molecule has 0 bridgehead atoms. The van der Waals surface area contributed by atoms with E-state index in [0.29, 0.717) is 5.69 Å². The first-order chi connectivity index (χ1) is 12.9. The van der Waals surface area contributed by atoms with Crippen LogP contribution in [0.5, 0.6) is 0 Å². The van der Waals surface area contributed by atoms with Crippen molar-refractivity contribution in [2.75, 3.05) is 5.32 Å². The van der Waals surface area contributed by atoms with Crippen LogP contribution in [0.2, 0.25) is 5.02 Å². The summed E-state index contributed by atoms with van der Waals surface area (Å²) in [5, 5.41) is 3.69. The van der Waals surface area contributed by atoms with Gasteiger partial charge in [-0.3, -0.25) is 9.78 Å². The lowest BCUT2D eigenvalue weighted by molar-refractivity contribution is 0.102. The van der Waals surface area contributed by atoms with E-state index in [0.717, 1.165) is 23.7 Å². The molecule has 2 aromatic carbocycles. The molecule has 3 aromatic rings. The number of halogens is 1. The molecule has 1 aromatic heterocycles. The highest BCUT2D eigenvalue weighted by atomic mass is 35.5. The molecule has 1 fully saturated rings. The van der Waals surface area contributed by atoms with Gasteiger partial charge in [0, 0.05) is 23.2 Å². The van der Waals surface area contributed by atoms with Crippen LogP contribution in [0.1, 0.15) is 23.2 Å². The number of benzene rings is 2. The molecule has 0 unspecified atom stereocenters. The number of rotatable bonds is 5. The Hall–Kier alpha value is -2.48. The van der Waals surface area contributed by atoms with Crippen LogP contribution in [0.15, 0.2) is 59.6 Å². The molecule has 138 valence electrons. The smallest absolute Gasteiger partial charge is 0.255 e. The summed E-state index contributed by atoms with van der Waals surface area (Å²) < 4.78 is 27.5. The summed E-state index contributed by atoms with van der Waals surface area (Å²) in [7, 11) is -3.76. The SMILES string of the molecule is O=C(Nc1cccc2ncccc12)c1ccc(Cl)c(S(=O)(=O)NC2CC2)c1. The van der Waals surface area contributed by atoms with Gasteiger partial charge >= 0.3 is 0 Å². The second-order valence-corrected chi connectivity index (χ2v) is 8.46. The Kier molecular flexibility index (Phi) is 4.59. The summed E-state index contributed by atoms with van der Waals surface area (Å²) in [6.07, 6.45) is 3.30. The number of sulfonamides is 1. The lowest BCUT2D eigenvalue weighted by atomic mass is 10.1. The summed E-state index contributed by atoms with van der Waals surface area (Å²) >= 11 is 6.07. The predicted molar refractivity (Wildman–Crippen MR) is 104 cm³/mol. The second-order valence-electron chi connectivity index (χ2n) is 6.37. The number of amides is 1. The monoisotopic (exact) mass is 401 g/mol. The fourth-order valence-electron chi connectivity index (χ4n) is 2.74. The fraction of sp³-hybridized carbons (Fsp3) is 0.158. The van der Waals surface area contributed by atoms with E-state index in [4.69, 9.17) is 11.6 Å². The number of aromatic nitrogens is 1. The predicted octanol–water partition coefficient (Wildman–Crippen LogP) is 3.58. The minimum atomic E-state index is -3.76. The molecular weight excluding hydrogens is 386 g/mol. The maximum atomic E-state index is 12.7. The van der Waals surface area contributed by atoms with Crippen molar-refractivity contribution in [2.24, 2.45) is 0 Å². The van der Waals surface area contributed by atoms with Gasteiger partial charge in [-0.05, 0) is 55.3 Å². The number of pyridine rings is 1. The Morgan fingerprint density at radius 2 is 1.93 bits per heavy atom. The quantitative estimate of drug-likeness (QED) is 0.683. The average molecular weight is 402 g/mol. The Bertz CT molecular complexity index is 1140. The topological polar surface area (TPSA) is 88.2 Å². The normalized spacial score (nSPS) is 14.3. The van der Waals surface area contributed by atoms with Crippen molar-refractivity contribution in [3.8, 4) is 0 Å². The van der Waals surface area contributed by atoms with Gasteiger partial charge in [-0.15, -0.1) is 0 Å². The third-order valence-corrected chi connectivity index (χ3v) is 6.28. The highest BCUT2D eigenvalue weighted by molar-refractivity contribution is 7.89. The highest BCUT2D eigenvalue weighted by Crippen LogP contribution is 2.28. The lowest BCUT2D eigenvalue weighted by Gasteiger charge is -2.11. The first-order valence-electron chi connectivity index (χ1n) is 8.41. The maximum absolute atomic E-state index is 12.7. The van der Waals surface area contributed by atoms with Crippen LogP contribution in [0.25, 0.3) is 10.9 Å². The summed E-state index contributed by atoms with van der Waals surface area (Å²) in [5.74, 6) is -0.425. The average Bonchev–Trinajstić information content (AvgIpc) is 3.45. The summed E-state index contributed by atoms with van der Waals surface area (Å²) in [6.45, 7) is 0. The molecule has 1 amide bonds. The number of nitrogens with zero attached hydrogens (tertiary/aromatic N) is 1. The van der Waals surface area contributed by atoms with Crippen molar-refractivity contribution in [1.82, 2.24) is 9.71 Å². The van der Waals surface area contributed by atoms with Crippen molar-refractivity contribution in [3.63, 3.8) is 0 Å². The maximum Gasteiger partial charge on any atom is 0.255 e. The van der Waals surface area contributed by atoms with Gasteiger partial charge in [-0.2, -0.15) is 0 Å². The molecule has 1 saturated carbocycles. The molecule has 1 aliphatic rings. The first kappa shape index (κ1) is 17.9. The standard InChI is InChI=1S/C19H16ClN3O3S/c20-15-9-6-12(11-18(15)27(25,26)23-13-7-8-13)19(24)22-17-5-1-4-16-14(17)3-2-10-21-16/h1-6,9-11,13,23H,7-8H2,(H,22,24). The van der Waals surface area contributed by atoms with Gasteiger partial charge in [-0.1, -0.05) is 17.7 Å². The zero-order valence-corrected chi connectivity index (χ0v) is 15.7. The van der Waals surface area contributed by atoms with E-state index in [1.807, 2.05) is 12.1 Å². The molecule has 0 aliphatic heterocycles. The molecule has 2 N–H and O–H groups in total. The van der Waals surface area contributed by atoms with Crippen LogP contribution in [0, 0.1) is 0 Å². The Balaban J connectivity index is 1.65. The van der Waals surface area contributed by atoms with Crippen LogP contribution >= 0.6 is 11.6 Å². The molecule has 1 aliphatic carbocycles. The van der Waals surface area contributed by atoms with E-state index < -0.39 is 15.9 Å². The van der Waals surface area contributed by atoms with Gasteiger partial charge in [0.05, 0.1) is 16.2 Å². The molecular formula is C19H16ClN3O3S. The number of nitrogens with one attached hydrogen (secondary N) is 2. The number of carbonyl (C=O) groups excluding carboxylic acids is 1. The Morgan fingerprint density at radius 3 is 2.70 bits per heavy atom. The highest BCUT2D eigenvalue weighted by Gasteiger charge is 2.29.